The van der Waals surface area contributed by atoms with Gasteiger partial charge in [0.15, 0.2) is 11.6 Å². The zero-order chi connectivity index (χ0) is 30.2. The molecule has 8 nitrogen and oxygen atoms in total. The summed E-state index contributed by atoms with van der Waals surface area (Å²) >= 11 is 6.46. The average molecular weight is 600 g/mol. The first-order valence-electron chi connectivity index (χ1n) is 12.9. The summed E-state index contributed by atoms with van der Waals surface area (Å²) in [6, 6.07) is 9.67. The molecule has 1 aliphatic heterocycles. The second-order valence-corrected chi connectivity index (χ2v) is 10.4. The van der Waals surface area contributed by atoms with Crippen LogP contribution in [0.5, 0.6) is 0 Å². The molecule has 0 radical (unpaired) electrons. The molecule has 1 N–H and O–H groups in total. The molecule has 3 amide bonds. The normalized spacial score (nSPS) is 18.6. The summed E-state index contributed by atoms with van der Waals surface area (Å²) in [7, 11) is 0. The van der Waals surface area contributed by atoms with Crippen molar-refractivity contribution in [1.82, 2.24) is 10.3 Å². The van der Waals surface area contributed by atoms with Crippen molar-refractivity contribution in [3.05, 3.63) is 88.6 Å². The average Bonchev–Trinajstić information content (AvgIpc) is 3.32. The van der Waals surface area contributed by atoms with Gasteiger partial charge >= 0.3 is 0 Å². The smallest absolute Gasteiger partial charge is 0.252 e. The van der Waals surface area contributed by atoms with Crippen LogP contribution in [0.3, 0.4) is 0 Å². The molecular weight excluding hydrogens is 578 g/mol. The predicted octanol–water partition coefficient (Wildman–Crippen LogP) is 5.07. The van der Waals surface area contributed by atoms with Crippen LogP contribution in [-0.2, 0) is 14.4 Å². The number of halogens is 5. The van der Waals surface area contributed by atoms with Gasteiger partial charge in [-0.2, -0.15) is 5.26 Å². The van der Waals surface area contributed by atoms with Crippen molar-refractivity contribution in [2.75, 3.05) is 9.80 Å². The molecule has 5 rings (SSSR count). The monoisotopic (exact) mass is 599 g/mol. The first kappa shape index (κ1) is 29.0. The molecule has 1 aliphatic carbocycles. The standard InChI is InChI=1S/C29H22ClF4N5O3/c30-21-7-2-1-6-20(21)25(27(41)37-18-13-29(33,34)14-18)38(19-5-3-4-17(31)12-19)28(42)22-8-9-23(40)39(22)26-24(32)16(15-35)10-11-36-26/h1-7,10-12,18,22,25H,8-9,13-14H2,(H,37,41). The minimum Gasteiger partial charge on any atom is -0.351 e. The Bertz CT molecular complexity index is 1610. The quantitative estimate of drug-likeness (QED) is 0.382. The summed E-state index contributed by atoms with van der Waals surface area (Å²) < 4.78 is 56.8. The fourth-order valence-corrected chi connectivity index (χ4v) is 5.44. The molecule has 13 heteroatoms. The van der Waals surface area contributed by atoms with Gasteiger partial charge in [0.25, 0.3) is 11.8 Å². The molecule has 2 unspecified atom stereocenters. The number of alkyl halides is 2. The Morgan fingerprint density at radius 3 is 2.55 bits per heavy atom. The lowest BCUT2D eigenvalue weighted by Gasteiger charge is -2.39. The van der Waals surface area contributed by atoms with Gasteiger partial charge in [0.2, 0.25) is 11.8 Å². The maximum absolute atomic E-state index is 15.2. The highest BCUT2D eigenvalue weighted by Gasteiger charge is 2.49. The molecule has 42 heavy (non-hydrogen) atoms. The van der Waals surface area contributed by atoms with Crippen molar-refractivity contribution in [2.24, 2.45) is 0 Å². The molecule has 1 aromatic heterocycles. The lowest BCUT2D eigenvalue weighted by molar-refractivity contribution is -0.133. The van der Waals surface area contributed by atoms with E-state index in [1.807, 2.05) is 0 Å². The van der Waals surface area contributed by atoms with Crippen LogP contribution in [0.25, 0.3) is 0 Å². The Morgan fingerprint density at radius 2 is 1.88 bits per heavy atom. The lowest BCUT2D eigenvalue weighted by atomic mass is 9.87. The van der Waals surface area contributed by atoms with Crippen molar-refractivity contribution >= 4 is 40.8 Å². The van der Waals surface area contributed by atoms with E-state index in [2.05, 4.69) is 10.3 Å². The number of anilines is 2. The fourth-order valence-electron chi connectivity index (χ4n) is 5.20. The van der Waals surface area contributed by atoms with Crippen LogP contribution in [-0.4, -0.2) is 40.7 Å². The number of pyridine rings is 1. The summed E-state index contributed by atoms with van der Waals surface area (Å²) in [4.78, 5) is 46.8. The fraction of sp³-hybridized carbons (Fsp3) is 0.276. The van der Waals surface area contributed by atoms with Crippen LogP contribution in [0.4, 0.5) is 29.1 Å². The van der Waals surface area contributed by atoms with Crippen LogP contribution in [0.15, 0.2) is 60.8 Å². The van der Waals surface area contributed by atoms with Crippen LogP contribution < -0.4 is 15.1 Å². The van der Waals surface area contributed by atoms with Crippen molar-refractivity contribution in [1.29, 1.82) is 5.26 Å². The highest BCUT2D eigenvalue weighted by Crippen LogP contribution is 2.40. The minimum atomic E-state index is -2.95. The van der Waals surface area contributed by atoms with E-state index in [1.165, 1.54) is 24.3 Å². The molecule has 0 bridgehead atoms. The Hall–Kier alpha value is -4.50. The highest BCUT2D eigenvalue weighted by molar-refractivity contribution is 6.31. The van der Waals surface area contributed by atoms with E-state index in [0.717, 1.165) is 34.2 Å². The summed E-state index contributed by atoms with van der Waals surface area (Å²) in [5, 5.41) is 11.9. The van der Waals surface area contributed by atoms with Crippen LogP contribution in [0, 0.1) is 23.0 Å². The van der Waals surface area contributed by atoms with E-state index in [9.17, 15) is 32.8 Å². The number of hydrogen-bond donors (Lipinski definition) is 1. The third kappa shape index (κ3) is 5.52. The van der Waals surface area contributed by atoms with Gasteiger partial charge in [0.05, 0.1) is 5.56 Å². The molecule has 1 saturated carbocycles. The molecule has 3 aromatic rings. The molecule has 1 saturated heterocycles. The van der Waals surface area contributed by atoms with Gasteiger partial charge in [-0.15, -0.1) is 0 Å². The van der Waals surface area contributed by atoms with Crippen molar-refractivity contribution in [3.63, 3.8) is 0 Å². The molecule has 2 aliphatic rings. The molecular formula is C29H22ClF4N5O3. The number of benzene rings is 2. The predicted molar refractivity (Wildman–Crippen MR) is 144 cm³/mol. The SMILES string of the molecule is N#Cc1ccnc(N2C(=O)CCC2C(=O)N(c2cccc(F)c2)C(C(=O)NC2CC(F)(F)C2)c2ccccc2Cl)c1F. The van der Waals surface area contributed by atoms with E-state index in [0.29, 0.717) is 0 Å². The van der Waals surface area contributed by atoms with E-state index < -0.39 is 77.6 Å². The zero-order valence-corrected chi connectivity index (χ0v) is 22.5. The van der Waals surface area contributed by atoms with E-state index in [-0.39, 0.29) is 29.1 Å². The van der Waals surface area contributed by atoms with Gasteiger partial charge in [-0.1, -0.05) is 35.9 Å². The lowest BCUT2D eigenvalue weighted by Crippen LogP contribution is -2.56. The number of amides is 3. The molecule has 2 aromatic carbocycles. The molecule has 2 heterocycles. The number of rotatable bonds is 7. The largest absolute Gasteiger partial charge is 0.351 e. The van der Waals surface area contributed by atoms with Gasteiger partial charge in [0.1, 0.15) is 24.0 Å². The van der Waals surface area contributed by atoms with Gasteiger partial charge in [-0.3, -0.25) is 24.2 Å². The second kappa shape index (κ2) is 11.4. The summed E-state index contributed by atoms with van der Waals surface area (Å²) in [5.74, 6) is -7.81. The highest BCUT2D eigenvalue weighted by atomic mass is 35.5. The molecule has 216 valence electrons. The van der Waals surface area contributed by atoms with E-state index in [4.69, 9.17) is 11.6 Å². The van der Waals surface area contributed by atoms with Crippen molar-refractivity contribution < 1.29 is 31.9 Å². The van der Waals surface area contributed by atoms with Gasteiger partial charge in [0, 0.05) is 47.8 Å². The first-order valence-corrected chi connectivity index (χ1v) is 13.3. The van der Waals surface area contributed by atoms with Gasteiger partial charge in [-0.05, 0) is 36.8 Å². The number of carbonyl (C=O) groups excluding carboxylic acids is 3. The second-order valence-electron chi connectivity index (χ2n) is 10.0. The Kier molecular flexibility index (Phi) is 7.88. The zero-order valence-electron chi connectivity index (χ0n) is 21.7. The van der Waals surface area contributed by atoms with Crippen LogP contribution in [0.2, 0.25) is 5.02 Å². The summed E-state index contributed by atoms with van der Waals surface area (Å²) in [6.45, 7) is 0. The number of nitriles is 1. The number of nitrogens with one attached hydrogen (secondary N) is 1. The Labute approximate surface area is 242 Å². The van der Waals surface area contributed by atoms with Gasteiger partial charge in [-0.25, -0.2) is 22.5 Å². The third-order valence-electron chi connectivity index (χ3n) is 7.18. The summed E-state index contributed by atoms with van der Waals surface area (Å²) in [6.07, 6.45) is -0.401. The van der Waals surface area contributed by atoms with E-state index >= 15 is 4.39 Å². The van der Waals surface area contributed by atoms with Crippen molar-refractivity contribution in [2.45, 2.75) is 49.7 Å². The summed E-state index contributed by atoms with van der Waals surface area (Å²) in [5.41, 5.74) is -0.400. The molecule has 0 spiro atoms. The number of nitrogens with zero attached hydrogens (tertiary/aromatic N) is 4. The van der Waals surface area contributed by atoms with E-state index in [1.54, 1.807) is 18.2 Å². The number of aromatic nitrogens is 1. The third-order valence-corrected chi connectivity index (χ3v) is 7.53. The topological polar surface area (TPSA) is 106 Å². The number of hydrogen-bond acceptors (Lipinski definition) is 5. The maximum atomic E-state index is 15.2. The van der Waals surface area contributed by atoms with Gasteiger partial charge < -0.3 is 5.32 Å². The molecule has 2 atom stereocenters. The maximum Gasteiger partial charge on any atom is 0.252 e. The molecule has 2 fully saturated rings. The number of carbonyl (C=O) groups is 3. The van der Waals surface area contributed by atoms with Crippen molar-refractivity contribution in [3.8, 4) is 6.07 Å². The first-order chi connectivity index (χ1) is 20.0. The Balaban J connectivity index is 1.62. The Morgan fingerprint density at radius 1 is 1.14 bits per heavy atom. The van der Waals surface area contributed by atoms with Crippen LogP contribution >= 0.6 is 11.6 Å². The minimum absolute atomic E-state index is 0.0552. The van der Waals surface area contributed by atoms with Crippen LogP contribution in [0.1, 0.15) is 42.9 Å².